The fourth-order valence-electron chi connectivity index (χ4n) is 3.53. The maximum atomic E-state index is 12.3. The van der Waals surface area contributed by atoms with Gasteiger partial charge in [0.2, 0.25) is 0 Å². The third kappa shape index (κ3) is 7.54. The normalized spacial score (nSPS) is 13.3. The quantitative estimate of drug-likeness (QED) is 0.272. The monoisotopic (exact) mass is 537 g/mol. The van der Waals surface area contributed by atoms with Crippen LogP contribution in [0.15, 0.2) is 48.7 Å². The maximum absolute atomic E-state index is 12.3. The standard InChI is InChI=1S/C30H43N3O4Si/c1-11-23(37-38(9,10)30(5,6)7)20-35-24-14-16-25-21(18-24)12-15-26(32-25)22-13-17-27(31-19-22)33(8)28(34)36-29(2,3)4/h12-19,23H,11,20H2,1-10H3/t23-/m1/s1. The van der Waals surface area contributed by atoms with Gasteiger partial charge in [-0.3, -0.25) is 4.90 Å². The topological polar surface area (TPSA) is 73.8 Å². The number of nitrogens with zero attached hydrogens (tertiary/aromatic N) is 3. The molecule has 0 saturated heterocycles. The van der Waals surface area contributed by atoms with Gasteiger partial charge in [0.15, 0.2) is 8.32 Å². The van der Waals surface area contributed by atoms with Gasteiger partial charge in [0.25, 0.3) is 0 Å². The van der Waals surface area contributed by atoms with Gasteiger partial charge in [-0.05, 0) is 81.7 Å². The Morgan fingerprint density at radius 2 is 1.74 bits per heavy atom. The maximum Gasteiger partial charge on any atom is 0.415 e. The van der Waals surface area contributed by atoms with Crippen molar-refractivity contribution in [3.05, 3.63) is 48.7 Å². The fraction of sp³-hybridized carbons (Fsp3) is 0.500. The van der Waals surface area contributed by atoms with E-state index in [4.69, 9.17) is 18.9 Å². The molecule has 3 rings (SSSR count). The Kier molecular flexibility index (Phi) is 8.88. The van der Waals surface area contributed by atoms with E-state index in [2.05, 4.69) is 45.8 Å². The van der Waals surface area contributed by atoms with Crippen molar-refractivity contribution in [3.63, 3.8) is 0 Å². The van der Waals surface area contributed by atoms with Gasteiger partial charge in [-0.2, -0.15) is 0 Å². The first kappa shape index (κ1) is 29.6. The van der Waals surface area contributed by atoms with Gasteiger partial charge < -0.3 is 13.9 Å². The molecule has 0 radical (unpaired) electrons. The zero-order valence-electron chi connectivity index (χ0n) is 24.6. The van der Waals surface area contributed by atoms with E-state index >= 15 is 0 Å². The highest BCUT2D eigenvalue weighted by Crippen LogP contribution is 2.37. The summed E-state index contributed by atoms with van der Waals surface area (Å²) in [5.74, 6) is 1.31. The summed E-state index contributed by atoms with van der Waals surface area (Å²) >= 11 is 0. The first-order valence-electron chi connectivity index (χ1n) is 13.2. The molecule has 0 N–H and O–H groups in total. The van der Waals surface area contributed by atoms with Crippen LogP contribution in [0.3, 0.4) is 0 Å². The molecule has 1 atom stereocenters. The summed E-state index contributed by atoms with van der Waals surface area (Å²) in [5.41, 5.74) is 1.97. The summed E-state index contributed by atoms with van der Waals surface area (Å²) in [5, 5.41) is 1.16. The fourth-order valence-corrected chi connectivity index (χ4v) is 4.95. The minimum atomic E-state index is -1.86. The van der Waals surface area contributed by atoms with Crippen LogP contribution in [0, 0.1) is 0 Å². The highest BCUT2D eigenvalue weighted by molar-refractivity contribution is 6.74. The van der Waals surface area contributed by atoms with Crippen molar-refractivity contribution in [1.82, 2.24) is 9.97 Å². The summed E-state index contributed by atoms with van der Waals surface area (Å²) in [6.07, 6.45) is 2.24. The molecular weight excluding hydrogens is 494 g/mol. The third-order valence-corrected chi connectivity index (χ3v) is 11.4. The van der Waals surface area contributed by atoms with Crippen LogP contribution >= 0.6 is 0 Å². The lowest BCUT2D eigenvalue weighted by molar-refractivity contribution is 0.0588. The molecule has 2 aromatic heterocycles. The number of hydrogen-bond acceptors (Lipinski definition) is 6. The zero-order chi connectivity index (χ0) is 28.3. The number of ether oxygens (including phenoxy) is 2. The van der Waals surface area contributed by atoms with Crippen LogP contribution in [-0.4, -0.2) is 49.7 Å². The molecule has 8 heteroatoms. The Hall–Kier alpha value is -2.97. The van der Waals surface area contributed by atoms with E-state index in [1.807, 2.05) is 57.2 Å². The second-order valence-corrected chi connectivity index (χ2v) is 17.0. The van der Waals surface area contributed by atoms with E-state index in [0.717, 1.165) is 34.3 Å². The minimum absolute atomic E-state index is 0.0666. The number of carbonyl (C=O) groups is 1. The molecule has 2 heterocycles. The lowest BCUT2D eigenvalue weighted by atomic mass is 10.1. The van der Waals surface area contributed by atoms with Crippen LogP contribution < -0.4 is 9.64 Å². The number of pyridine rings is 2. The van der Waals surface area contributed by atoms with Crippen molar-refractivity contribution < 1.29 is 18.7 Å². The molecule has 1 amide bonds. The number of carbonyl (C=O) groups excluding carboxylic acids is 1. The molecule has 7 nitrogen and oxygen atoms in total. The van der Waals surface area contributed by atoms with Gasteiger partial charge >= 0.3 is 6.09 Å². The Balaban J connectivity index is 1.69. The van der Waals surface area contributed by atoms with Crippen LogP contribution in [0.25, 0.3) is 22.2 Å². The smallest absolute Gasteiger partial charge is 0.415 e. The second-order valence-electron chi connectivity index (χ2n) is 12.2. The molecule has 206 valence electrons. The number of aromatic nitrogens is 2. The van der Waals surface area contributed by atoms with E-state index < -0.39 is 20.0 Å². The Bertz CT molecular complexity index is 1250. The summed E-state index contributed by atoms with van der Waals surface area (Å²) in [6.45, 7) is 19.5. The van der Waals surface area contributed by atoms with Crippen molar-refractivity contribution in [3.8, 4) is 17.0 Å². The van der Waals surface area contributed by atoms with Crippen molar-refractivity contribution in [2.45, 2.75) is 84.7 Å². The Morgan fingerprint density at radius 1 is 1.03 bits per heavy atom. The minimum Gasteiger partial charge on any atom is -0.491 e. The van der Waals surface area contributed by atoms with Gasteiger partial charge in [0.05, 0.1) is 17.3 Å². The largest absolute Gasteiger partial charge is 0.491 e. The van der Waals surface area contributed by atoms with Gasteiger partial charge in [-0.15, -0.1) is 0 Å². The van der Waals surface area contributed by atoms with Crippen molar-refractivity contribution in [1.29, 1.82) is 0 Å². The van der Waals surface area contributed by atoms with Crippen molar-refractivity contribution in [2.24, 2.45) is 0 Å². The van der Waals surface area contributed by atoms with Gasteiger partial charge in [-0.25, -0.2) is 14.8 Å². The molecule has 0 aliphatic rings. The molecule has 0 aliphatic heterocycles. The third-order valence-electron chi connectivity index (χ3n) is 6.87. The zero-order valence-corrected chi connectivity index (χ0v) is 25.6. The molecule has 0 fully saturated rings. The van der Waals surface area contributed by atoms with Crippen LogP contribution in [0.5, 0.6) is 5.75 Å². The summed E-state index contributed by atoms with van der Waals surface area (Å²) in [7, 11) is -0.210. The summed E-state index contributed by atoms with van der Waals surface area (Å²) in [4.78, 5) is 23.0. The van der Waals surface area contributed by atoms with E-state index in [1.54, 1.807) is 19.3 Å². The van der Waals surface area contributed by atoms with Crippen LogP contribution in [0.2, 0.25) is 18.1 Å². The van der Waals surface area contributed by atoms with E-state index in [0.29, 0.717) is 12.4 Å². The Labute approximate surface area is 228 Å². The molecule has 1 aromatic carbocycles. The number of rotatable bonds is 8. The average Bonchev–Trinajstić information content (AvgIpc) is 2.84. The van der Waals surface area contributed by atoms with E-state index in [9.17, 15) is 4.79 Å². The van der Waals surface area contributed by atoms with Crippen LogP contribution in [0.4, 0.5) is 10.6 Å². The molecule has 0 saturated carbocycles. The number of benzene rings is 1. The van der Waals surface area contributed by atoms with Crippen LogP contribution in [-0.2, 0) is 9.16 Å². The number of fused-ring (bicyclic) bond motifs is 1. The molecule has 3 aromatic rings. The lowest BCUT2D eigenvalue weighted by Crippen LogP contribution is -2.45. The first-order valence-corrected chi connectivity index (χ1v) is 16.1. The molecule has 38 heavy (non-hydrogen) atoms. The Morgan fingerprint density at radius 3 is 2.32 bits per heavy atom. The van der Waals surface area contributed by atoms with Crippen molar-refractivity contribution >= 4 is 31.1 Å². The number of amides is 1. The van der Waals surface area contributed by atoms with E-state index in [1.165, 1.54) is 4.90 Å². The average molecular weight is 538 g/mol. The summed E-state index contributed by atoms with van der Waals surface area (Å²) < 4.78 is 18.1. The molecule has 0 aliphatic carbocycles. The van der Waals surface area contributed by atoms with Crippen LogP contribution in [0.1, 0.15) is 54.9 Å². The SMILES string of the molecule is CC[C@H](COc1ccc2nc(-c3ccc(N(C)C(=O)OC(C)(C)C)nc3)ccc2c1)O[Si](C)(C)C(C)(C)C. The number of anilines is 1. The van der Waals surface area contributed by atoms with Gasteiger partial charge in [0.1, 0.15) is 23.8 Å². The molecular formula is C30H43N3O4Si. The lowest BCUT2D eigenvalue weighted by Gasteiger charge is -2.39. The highest BCUT2D eigenvalue weighted by atomic mass is 28.4. The second kappa shape index (κ2) is 11.4. The van der Waals surface area contributed by atoms with Crippen molar-refractivity contribution in [2.75, 3.05) is 18.6 Å². The predicted octanol–water partition coefficient (Wildman–Crippen LogP) is 7.85. The van der Waals surface area contributed by atoms with Gasteiger partial charge in [-0.1, -0.05) is 33.8 Å². The number of hydrogen-bond donors (Lipinski definition) is 0. The van der Waals surface area contributed by atoms with E-state index in [-0.39, 0.29) is 11.1 Å². The first-order chi connectivity index (χ1) is 17.6. The predicted molar refractivity (Wildman–Crippen MR) is 157 cm³/mol. The molecule has 0 spiro atoms. The summed E-state index contributed by atoms with van der Waals surface area (Å²) in [6, 6.07) is 13.6. The molecule has 0 unspecified atom stereocenters. The molecule has 0 bridgehead atoms. The highest BCUT2D eigenvalue weighted by Gasteiger charge is 2.39. The van der Waals surface area contributed by atoms with Gasteiger partial charge in [0, 0.05) is 24.2 Å².